The largest absolute Gasteiger partial charge is 0.456 e. The van der Waals surface area contributed by atoms with Crippen LogP contribution < -0.4 is 0 Å². The van der Waals surface area contributed by atoms with Crippen molar-refractivity contribution in [1.29, 1.82) is 0 Å². The zero-order valence-corrected chi connectivity index (χ0v) is 30.2. The summed E-state index contributed by atoms with van der Waals surface area (Å²) in [6.07, 6.45) is 0. The summed E-state index contributed by atoms with van der Waals surface area (Å²) in [7, 11) is 0. The zero-order valence-electron chi connectivity index (χ0n) is 30.2. The first-order chi connectivity index (χ1) is 27.7. The van der Waals surface area contributed by atoms with Crippen molar-refractivity contribution in [2.24, 2.45) is 0 Å². The quantitative estimate of drug-likeness (QED) is 0.172. The molecule has 0 N–H and O–H groups in total. The number of hydrogen-bond donors (Lipinski definition) is 0. The number of hydrogen-bond acceptors (Lipinski definition) is 4. The highest BCUT2D eigenvalue weighted by atomic mass is 16.3. The van der Waals surface area contributed by atoms with Gasteiger partial charge in [-0.2, -0.15) is 0 Å². The normalized spacial score (nSPS) is 11.6. The Bertz CT molecular complexity index is 3130. The summed E-state index contributed by atoms with van der Waals surface area (Å²) in [6, 6.07) is 67.5. The van der Waals surface area contributed by atoms with Gasteiger partial charge in [-0.15, -0.1) is 0 Å². The van der Waals surface area contributed by atoms with E-state index in [1.54, 1.807) is 0 Å². The van der Waals surface area contributed by atoms with Crippen LogP contribution in [-0.4, -0.2) is 19.5 Å². The number of fused-ring (bicyclic) bond motifs is 6. The molecule has 0 unspecified atom stereocenters. The van der Waals surface area contributed by atoms with Gasteiger partial charge in [-0.1, -0.05) is 152 Å². The average Bonchev–Trinajstić information content (AvgIpc) is 3.82. The molecule has 11 rings (SSSR count). The first-order valence-corrected chi connectivity index (χ1v) is 18.8. The lowest BCUT2D eigenvalue weighted by Gasteiger charge is -2.14. The average molecular weight is 717 g/mol. The Hall–Kier alpha value is -7.63. The summed E-state index contributed by atoms with van der Waals surface area (Å²) in [6.45, 7) is 0. The number of nitrogens with zero attached hydrogens (tertiary/aromatic N) is 4. The fourth-order valence-electron chi connectivity index (χ4n) is 7.97. The molecular formula is C51H32N4O. The van der Waals surface area contributed by atoms with Gasteiger partial charge in [0.15, 0.2) is 17.5 Å². The van der Waals surface area contributed by atoms with Crippen LogP contribution in [0.2, 0.25) is 0 Å². The van der Waals surface area contributed by atoms with E-state index >= 15 is 0 Å². The van der Waals surface area contributed by atoms with Crippen LogP contribution in [0.5, 0.6) is 0 Å². The van der Waals surface area contributed by atoms with Crippen LogP contribution in [0.4, 0.5) is 0 Å². The van der Waals surface area contributed by atoms with Crippen molar-refractivity contribution in [2.75, 3.05) is 0 Å². The molecule has 8 aromatic carbocycles. The van der Waals surface area contributed by atoms with Crippen molar-refractivity contribution in [3.8, 4) is 62.1 Å². The Morgan fingerprint density at radius 2 is 0.821 bits per heavy atom. The molecule has 262 valence electrons. The summed E-state index contributed by atoms with van der Waals surface area (Å²) in [5.41, 5.74) is 12.5. The Balaban J connectivity index is 0.953. The first kappa shape index (κ1) is 31.9. The molecule has 0 spiro atoms. The monoisotopic (exact) mass is 716 g/mol. The minimum atomic E-state index is 0.632. The Morgan fingerprint density at radius 3 is 1.46 bits per heavy atom. The van der Waals surface area contributed by atoms with E-state index in [9.17, 15) is 0 Å². The van der Waals surface area contributed by atoms with Gasteiger partial charge in [0, 0.05) is 43.8 Å². The fourth-order valence-corrected chi connectivity index (χ4v) is 7.97. The van der Waals surface area contributed by atoms with Gasteiger partial charge in [-0.05, 0) is 59.2 Å². The number of furan rings is 1. The van der Waals surface area contributed by atoms with E-state index < -0.39 is 0 Å². The minimum Gasteiger partial charge on any atom is -0.456 e. The van der Waals surface area contributed by atoms with E-state index in [1.165, 1.54) is 21.8 Å². The van der Waals surface area contributed by atoms with Gasteiger partial charge < -0.3 is 8.98 Å². The van der Waals surface area contributed by atoms with Gasteiger partial charge in [0.05, 0.1) is 16.7 Å². The topological polar surface area (TPSA) is 56.7 Å². The zero-order chi connectivity index (χ0) is 37.0. The molecule has 0 fully saturated rings. The molecule has 0 bridgehead atoms. The second kappa shape index (κ2) is 13.0. The van der Waals surface area contributed by atoms with Crippen LogP contribution in [-0.2, 0) is 0 Å². The second-order valence-corrected chi connectivity index (χ2v) is 14.0. The Kier molecular flexibility index (Phi) is 7.42. The van der Waals surface area contributed by atoms with Crippen molar-refractivity contribution in [3.63, 3.8) is 0 Å². The van der Waals surface area contributed by atoms with Crippen LogP contribution in [0, 0.1) is 0 Å². The predicted octanol–water partition coefficient (Wildman–Crippen LogP) is 13.2. The van der Waals surface area contributed by atoms with Gasteiger partial charge in [-0.25, -0.2) is 15.0 Å². The molecule has 0 radical (unpaired) electrons. The van der Waals surface area contributed by atoms with E-state index in [1.807, 2.05) is 60.7 Å². The lowest BCUT2D eigenvalue weighted by atomic mass is 9.99. The third-order valence-electron chi connectivity index (χ3n) is 10.7. The number of benzene rings is 8. The maximum absolute atomic E-state index is 6.49. The van der Waals surface area contributed by atoms with Gasteiger partial charge in [-0.3, -0.25) is 0 Å². The molecular weight excluding hydrogens is 685 g/mol. The third-order valence-corrected chi connectivity index (χ3v) is 10.7. The molecule has 0 aliphatic rings. The van der Waals surface area contributed by atoms with Crippen molar-refractivity contribution in [3.05, 3.63) is 194 Å². The van der Waals surface area contributed by atoms with Gasteiger partial charge in [0.2, 0.25) is 0 Å². The summed E-state index contributed by atoms with van der Waals surface area (Å²) in [5, 5.41) is 4.68. The number of aromatic nitrogens is 4. The van der Waals surface area contributed by atoms with Crippen LogP contribution >= 0.6 is 0 Å². The molecule has 3 heterocycles. The standard InChI is InChI=1S/C51H32N4O/c1-3-13-34(14-4-1)49-52-50(35-15-5-2-6-16-35)54-51(53-49)36-25-23-33(24-26-36)37-27-29-42-43-31-38(28-30-47(43)56-48(42)32-37)39-17-7-10-20-44(39)55-45-21-11-8-18-40(45)41-19-9-12-22-46(41)55/h1-32H. The minimum absolute atomic E-state index is 0.632. The molecule has 11 aromatic rings. The second-order valence-electron chi connectivity index (χ2n) is 14.0. The molecule has 0 saturated carbocycles. The molecule has 0 atom stereocenters. The molecule has 56 heavy (non-hydrogen) atoms. The van der Waals surface area contributed by atoms with Gasteiger partial charge in [0.1, 0.15) is 11.2 Å². The van der Waals surface area contributed by atoms with Crippen molar-refractivity contribution < 1.29 is 4.42 Å². The fraction of sp³-hybridized carbons (Fsp3) is 0. The summed E-state index contributed by atoms with van der Waals surface area (Å²) in [4.78, 5) is 14.6. The van der Waals surface area contributed by atoms with Gasteiger partial charge >= 0.3 is 0 Å². The van der Waals surface area contributed by atoms with Gasteiger partial charge in [0.25, 0.3) is 0 Å². The predicted molar refractivity (Wildman–Crippen MR) is 229 cm³/mol. The number of para-hydroxylation sites is 3. The highest BCUT2D eigenvalue weighted by Crippen LogP contribution is 2.39. The smallest absolute Gasteiger partial charge is 0.164 e. The van der Waals surface area contributed by atoms with Crippen molar-refractivity contribution >= 4 is 43.7 Å². The van der Waals surface area contributed by atoms with Crippen LogP contribution in [0.25, 0.3) is 106 Å². The molecule has 0 aliphatic heterocycles. The van der Waals surface area contributed by atoms with Crippen molar-refractivity contribution in [1.82, 2.24) is 19.5 Å². The molecule has 5 heteroatoms. The third kappa shape index (κ3) is 5.37. The molecule has 0 saturated heterocycles. The summed E-state index contributed by atoms with van der Waals surface area (Å²) >= 11 is 0. The van der Waals surface area contributed by atoms with E-state index in [0.717, 1.165) is 66.6 Å². The first-order valence-electron chi connectivity index (χ1n) is 18.8. The lowest BCUT2D eigenvalue weighted by Crippen LogP contribution is -2.00. The number of rotatable bonds is 6. The Labute approximate surface area is 322 Å². The van der Waals surface area contributed by atoms with Crippen LogP contribution in [0.3, 0.4) is 0 Å². The molecule has 0 aliphatic carbocycles. The van der Waals surface area contributed by atoms with Crippen molar-refractivity contribution in [2.45, 2.75) is 0 Å². The summed E-state index contributed by atoms with van der Waals surface area (Å²) < 4.78 is 8.88. The molecule has 3 aromatic heterocycles. The highest BCUT2D eigenvalue weighted by molar-refractivity contribution is 6.10. The molecule has 0 amide bonds. The maximum atomic E-state index is 6.49. The SMILES string of the molecule is c1ccc(-c2nc(-c3ccccc3)nc(-c3ccc(-c4ccc5c(c4)oc4ccc(-c6ccccc6-n6c7ccccc7c7ccccc76)cc45)cc3)n2)cc1. The van der Waals surface area contributed by atoms with Crippen LogP contribution in [0.15, 0.2) is 199 Å². The molecule has 5 nitrogen and oxygen atoms in total. The maximum Gasteiger partial charge on any atom is 0.164 e. The van der Waals surface area contributed by atoms with E-state index in [0.29, 0.717) is 17.5 Å². The van der Waals surface area contributed by atoms with E-state index in [-0.39, 0.29) is 0 Å². The van der Waals surface area contributed by atoms with Crippen LogP contribution in [0.1, 0.15) is 0 Å². The van der Waals surface area contributed by atoms with E-state index in [2.05, 4.69) is 138 Å². The highest BCUT2D eigenvalue weighted by Gasteiger charge is 2.17. The summed E-state index contributed by atoms with van der Waals surface area (Å²) in [5.74, 6) is 1.92. The Morgan fingerprint density at radius 1 is 0.321 bits per heavy atom. The lowest BCUT2D eigenvalue weighted by molar-refractivity contribution is 0.669. The van der Waals surface area contributed by atoms with E-state index in [4.69, 9.17) is 19.4 Å².